The van der Waals surface area contributed by atoms with E-state index in [1.165, 1.54) is 0 Å². The fraction of sp³-hybridized carbons (Fsp3) is 0.556. The molecule has 6 nitrogen and oxygen atoms in total. The molecule has 1 aromatic rings. The molecule has 1 fully saturated rings. The van der Waals surface area contributed by atoms with E-state index in [-0.39, 0.29) is 17.9 Å². The number of carbonyl (C=O) groups excluding carboxylic acids is 2. The Hall–Kier alpha value is -1.95. The van der Waals surface area contributed by atoms with Crippen LogP contribution >= 0.6 is 11.6 Å². The summed E-state index contributed by atoms with van der Waals surface area (Å²) < 4.78 is 5.63. The lowest BCUT2D eigenvalue weighted by atomic mass is 9.95. The summed E-state index contributed by atoms with van der Waals surface area (Å²) in [5, 5.41) is 0.665. The summed E-state index contributed by atoms with van der Waals surface area (Å²) in [6.45, 7) is 2.21. The molecule has 7 heteroatoms. The molecule has 3 amide bonds. The first kappa shape index (κ1) is 19.4. The van der Waals surface area contributed by atoms with Crippen molar-refractivity contribution in [2.24, 2.45) is 5.92 Å². The third-order valence-corrected chi connectivity index (χ3v) is 4.63. The molecule has 0 radical (unpaired) electrons. The second-order valence-corrected chi connectivity index (χ2v) is 6.94. The minimum Gasteiger partial charge on any atom is -0.492 e. The Morgan fingerprint density at radius 3 is 2.32 bits per heavy atom. The van der Waals surface area contributed by atoms with Crippen molar-refractivity contribution in [3.05, 3.63) is 29.3 Å². The van der Waals surface area contributed by atoms with Gasteiger partial charge in [-0.2, -0.15) is 0 Å². The smallest absolute Gasteiger partial charge is 0.319 e. The Kier molecular flexibility index (Phi) is 6.93. The van der Waals surface area contributed by atoms with Crippen molar-refractivity contribution >= 4 is 23.5 Å². The van der Waals surface area contributed by atoms with E-state index in [9.17, 15) is 9.59 Å². The standard InChI is InChI=1S/C18H26ClN3O3/c1-20(2)18(24)22-10-8-14(9-11-22)17(23)21(3)12-13-25-16-6-4-15(19)5-7-16/h4-7,14H,8-13H2,1-3H3. The van der Waals surface area contributed by atoms with Gasteiger partial charge in [-0.15, -0.1) is 0 Å². The molecular formula is C18H26ClN3O3. The molecule has 1 aliphatic heterocycles. The predicted octanol–water partition coefficient (Wildman–Crippen LogP) is 2.57. The summed E-state index contributed by atoms with van der Waals surface area (Å²) in [6, 6.07) is 7.17. The molecule has 0 atom stereocenters. The van der Waals surface area contributed by atoms with E-state index in [0.29, 0.717) is 44.1 Å². The number of hydrogen-bond acceptors (Lipinski definition) is 3. The van der Waals surface area contributed by atoms with Gasteiger partial charge in [-0.25, -0.2) is 4.79 Å². The maximum absolute atomic E-state index is 12.5. The minimum atomic E-state index is -0.0215. The fourth-order valence-electron chi connectivity index (χ4n) is 2.85. The summed E-state index contributed by atoms with van der Waals surface area (Å²) in [5.41, 5.74) is 0. The number of halogens is 1. The number of ether oxygens (including phenoxy) is 1. The van der Waals surface area contributed by atoms with Gasteiger partial charge >= 0.3 is 6.03 Å². The lowest BCUT2D eigenvalue weighted by molar-refractivity contribution is -0.135. The van der Waals surface area contributed by atoms with Crippen LogP contribution in [0.4, 0.5) is 4.79 Å². The summed E-state index contributed by atoms with van der Waals surface area (Å²) >= 11 is 5.84. The Morgan fingerprint density at radius 2 is 1.76 bits per heavy atom. The maximum Gasteiger partial charge on any atom is 0.319 e. The molecule has 25 heavy (non-hydrogen) atoms. The van der Waals surface area contributed by atoms with Crippen LogP contribution < -0.4 is 4.74 Å². The van der Waals surface area contributed by atoms with Crippen molar-refractivity contribution in [2.45, 2.75) is 12.8 Å². The predicted molar refractivity (Wildman–Crippen MR) is 98.0 cm³/mol. The number of amides is 3. The Labute approximate surface area is 154 Å². The third-order valence-electron chi connectivity index (χ3n) is 4.38. The number of likely N-dealkylation sites (N-methyl/N-ethyl adjacent to an activating group) is 1. The van der Waals surface area contributed by atoms with E-state index < -0.39 is 0 Å². The van der Waals surface area contributed by atoms with Crippen LogP contribution in [0.2, 0.25) is 5.02 Å². The van der Waals surface area contributed by atoms with Crippen LogP contribution in [0, 0.1) is 5.92 Å². The third kappa shape index (κ3) is 5.53. The molecule has 0 N–H and O–H groups in total. The Balaban J connectivity index is 1.73. The highest BCUT2D eigenvalue weighted by molar-refractivity contribution is 6.30. The first-order valence-corrected chi connectivity index (χ1v) is 8.86. The number of rotatable bonds is 5. The number of benzene rings is 1. The summed E-state index contributed by atoms with van der Waals surface area (Å²) in [4.78, 5) is 29.6. The molecule has 0 bridgehead atoms. The largest absolute Gasteiger partial charge is 0.492 e. The molecule has 0 saturated carbocycles. The quantitative estimate of drug-likeness (QED) is 0.803. The normalized spacial score (nSPS) is 15.0. The summed E-state index contributed by atoms with van der Waals surface area (Å²) in [5.74, 6) is 0.837. The van der Waals surface area contributed by atoms with E-state index >= 15 is 0 Å². The van der Waals surface area contributed by atoms with Crippen LogP contribution in [0.1, 0.15) is 12.8 Å². The molecule has 0 spiro atoms. The lowest BCUT2D eigenvalue weighted by Gasteiger charge is -2.34. The zero-order chi connectivity index (χ0) is 18.4. The van der Waals surface area contributed by atoms with E-state index in [2.05, 4.69) is 0 Å². The van der Waals surface area contributed by atoms with Crippen LogP contribution in [0.3, 0.4) is 0 Å². The Morgan fingerprint density at radius 1 is 1.16 bits per heavy atom. The van der Waals surface area contributed by atoms with Crippen molar-refractivity contribution in [3.8, 4) is 5.75 Å². The molecule has 138 valence electrons. The van der Waals surface area contributed by atoms with Gasteiger partial charge in [-0.3, -0.25) is 4.79 Å². The van der Waals surface area contributed by atoms with Gasteiger partial charge in [-0.1, -0.05) is 11.6 Å². The fourth-order valence-corrected chi connectivity index (χ4v) is 2.98. The van der Waals surface area contributed by atoms with Crippen LogP contribution in [-0.2, 0) is 4.79 Å². The molecular weight excluding hydrogens is 342 g/mol. The number of piperidine rings is 1. The van der Waals surface area contributed by atoms with Crippen molar-refractivity contribution < 1.29 is 14.3 Å². The SMILES string of the molecule is CN(C)C(=O)N1CCC(C(=O)N(C)CCOc2ccc(Cl)cc2)CC1. The van der Waals surface area contributed by atoms with Crippen molar-refractivity contribution in [1.29, 1.82) is 0 Å². The van der Waals surface area contributed by atoms with Gasteiger partial charge in [-0.05, 0) is 37.1 Å². The number of likely N-dealkylation sites (tertiary alicyclic amines) is 1. The van der Waals surface area contributed by atoms with Gasteiger partial charge in [0.15, 0.2) is 0 Å². The van der Waals surface area contributed by atoms with Gasteiger partial charge in [0.2, 0.25) is 5.91 Å². The second-order valence-electron chi connectivity index (χ2n) is 6.50. The zero-order valence-corrected chi connectivity index (χ0v) is 15.8. The van der Waals surface area contributed by atoms with Crippen molar-refractivity contribution in [1.82, 2.24) is 14.7 Å². The highest BCUT2D eigenvalue weighted by Crippen LogP contribution is 2.20. The van der Waals surface area contributed by atoms with E-state index in [0.717, 1.165) is 5.75 Å². The monoisotopic (exact) mass is 367 g/mol. The number of nitrogens with zero attached hydrogens (tertiary/aromatic N) is 3. The van der Waals surface area contributed by atoms with Crippen LogP contribution in [0.5, 0.6) is 5.75 Å². The van der Waals surface area contributed by atoms with Crippen LogP contribution in [-0.4, -0.2) is 74.0 Å². The topological polar surface area (TPSA) is 53.1 Å². The second kappa shape index (κ2) is 8.94. The molecule has 1 heterocycles. The van der Waals surface area contributed by atoms with Gasteiger partial charge in [0.1, 0.15) is 12.4 Å². The van der Waals surface area contributed by atoms with Crippen LogP contribution in [0.25, 0.3) is 0 Å². The highest BCUT2D eigenvalue weighted by Gasteiger charge is 2.29. The van der Waals surface area contributed by atoms with E-state index in [1.54, 1.807) is 48.0 Å². The van der Waals surface area contributed by atoms with Crippen molar-refractivity contribution in [3.63, 3.8) is 0 Å². The first-order valence-electron chi connectivity index (χ1n) is 8.48. The van der Waals surface area contributed by atoms with Gasteiger partial charge < -0.3 is 19.4 Å². The molecule has 1 saturated heterocycles. The number of urea groups is 1. The minimum absolute atomic E-state index is 0.00983. The molecule has 1 aliphatic rings. The summed E-state index contributed by atoms with van der Waals surface area (Å²) in [6.07, 6.45) is 1.42. The molecule has 0 unspecified atom stereocenters. The average Bonchev–Trinajstić information content (AvgIpc) is 2.62. The van der Waals surface area contributed by atoms with Crippen LogP contribution in [0.15, 0.2) is 24.3 Å². The average molecular weight is 368 g/mol. The van der Waals surface area contributed by atoms with Crippen molar-refractivity contribution in [2.75, 3.05) is 47.4 Å². The zero-order valence-electron chi connectivity index (χ0n) is 15.1. The van der Waals surface area contributed by atoms with Gasteiger partial charge in [0.25, 0.3) is 0 Å². The Bertz CT molecular complexity index is 584. The molecule has 0 aromatic heterocycles. The molecule has 0 aliphatic carbocycles. The van der Waals surface area contributed by atoms with Gasteiger partial charge in [0, 0.05) is 45.2 Å². The van der Waals surface area contributed by atoms with E-state index in [4.69, 9.17) is 16.3 Å². The molecule has 2 rings (SSSR count). The lowest BCUT2D eigenvalue weighted by Crippen LogP contribution is -2.47. The number of hydrogen-bond donors (Lipinski definition) is 0. The maximum atomic E-state index is 12.5. The first-order chi connectivity index (χ1) is 11.9. The number of carbonyl (C=O) groups is 2. The summed E-state index contributed by atoms with van der Waals surface area (Å²) in [7, 11) is 5.28. The highest BCUT2D eigenvalue weighted by atomic mass is 35.5. The van der Waals surface area contributed by atoms with Gasteiger partial charge in [0.05, 0.1) is 6.54 Å². The van der Waals surface area contributed by atoms with E-state index in [1.807, 2.05) is 12.1 Å². The molecule has 1 aromatic carbocycles.